The quantitative estimate of drug-likeness (QED) is 0.145. The summed E-state index contributed by atoms with van der Waals surface area (Å²) in [4.78, 5) is 3.52. The first kappa shape index (κ1) is 41.8. The van der Waals surface area contributed by atoms with E-state index < -0.39 is 17.3 Å². The zero-order valence-electron chi connectivity index (χ0n) is 28.3. The molecule has 0 radical (unpaired) electrons. The van der Waals surface area contributed by atoms with E-state index in [1.54, 1.807) is 12.1 Å². The number of benzene rings is 3. The van der Waals surface area contributed by atoms with Crippen molar-refractivity contribution < 1.29 is 60.0 Å². The number of hydrogen-bond acceptors (Lipinski definition) is 8. The number of anilines is 2. The predicted octanol–water partition coefficient (Wildman–Crippen LogP) is 12.0. The van der Waals surface area contributed by atoms with Crippen molar-refractivity contribution in [2.75, 3.05) is 11.5 Å². The van der Waals surface area contributed by atoms with Gasteiger partial charge in [0.2, 0.25) is 0 Å². The first-order chi connectivity index (χ1) is 22.4. The Morgan fingerprint density at radius 1 is 0.562 bits per heavy atom. The number of aliphatic hydroxyl groups is 1. The van der Waals surface area contributed by atoms with Crippen LogP contribution in [0, 0.1) is 41.7 Å². The van der Waals surface area contributed by atoms with Crippen molar-refractivity contribution in [1.29, 1.82) is 0 Å². The van der Waals surface area contributed by atoms with Crippen molar-refractivity contribution in [2.45, 2.75) is 67.2 Å². The minimum atomic E-state index is -3.89. The SMILES string of the molecule is CC.CC.CC.CC(C)(F)c1ccc(-c2ccc(-c3c(N)c(N)c(-c4ccc(-c5ccc(C(O)(F)F)cc5)s4)c4nsnc34)s2)cc1.[Ce]. The van der Waals surface area contributed by atoms with E-state index in [-0.39, 0.29) is 41.7 Å². The number of fused-ring (bicyclic) bond motifs is 1. The number of nitrogen functional groups attached to an aromatic ring is 2. The molecule has 0 amide bonds. The first-order valence-electron chi connectivity index (χ1n) is 15.5. The fourth-order valence-electron chi connectivity index (χ4n) is 4.66. The van der Waals surface area contributed by atoms with Crippen LogP contribution < -0.4 is 11.5 Å². The van der Waals surface area contributed by atoms with Gasteiger partial charge in [-0.05, 0) is 66.9 Å². The number of aromatic nitrogens is 2. The van der Waals surface area contributed by atoms with E-state index in [2.05, 4.69) is 8.75 Å². The van der Waals surface area contributed by atoms with Crippen LogP contribution in [0.2, 0.25) is 0 Å². The van der Waals surface area contributed by atoms with Gasteiger partial charge in [-0.2, -0.15) is 17.5 Å². The molecular weight excluding hydrogens is 798 g/mol. The smallest absolute Gasteiger partial charge is 0.380 e. The minimum absolute atomic E-state index is 0. The zero-order valence-corrected chi connectivity index (χ0v) is 33.9. The normalized spacial score (nSPS) is 10.9. The summed E-state index contributed by atoms with van der Waals surface area (Å²) < 4.78 is 49.9. The second-order valence-corrected chi connectivity index (χ2v) is 12.7. The van der Waals surface area contributed by atoms with E-state index in [9.17, 15) is 13.2 Å². The Labute approximate surface area is 327 Å². The molecule has 0 fully saturated rings. The number of hydrogen-bond donors (Lipinski definition) is 3. The van der Waals surface area contributed by atoms with Crippen LogP contribution in [-0.2, 0) is 11.8 Å². The molecule has 12 heteroatoms. The second-order valence-electron chi connectivity index (χ2n) is 10.0. The fourth-order valence-corrected chi connectivity index (χ4v) is 7.36. The molecule has 3 heterocycles. The molecule has 0 bridgehead atoms. The van der Waals surface area contributed by atoms with Gasteiger partial charge in [0.15, 0.2) is 0 Å². The van der Waals surface area contributed by atoms with Crippen LogP contribution in [0.1, 0.15) is 66.5 Å². The van der Waals surface area contributed by atoms with Crippen molar-refractivity contribution in [2.24, 2.45) is 0 Å². The molecule has 0 aliphatic heterocycles. The van der Waals surface area contributed by atoms with Crippen molar-refractivity contribution in [3.8, 4) is 41.8 Å². The largest absolute Gasteiger partial charge is 0.396 e. The molecular formula is C36H41CeF3N4OS3. The zero-order chi connectivity index (χ0) is 35.1. The van der Waals surface area contributed by atoms with Gasteiger partial charge in [-0.3, -0.25) is 0 Å². The third kappa shape index (κ3) is 9.03. The molecule has 6 rings (SSSR count). The van der Waals surface area contributed by atoms with E-state index in [1.165, 1.54) is 60.8 Å². The molecule has 3 aromatic carbocycles. The minimum Gasteiger partial charge on any atom is -0.396 e. The molecule has 0 saturated carbocycles. The number of nitrogens with zero attached hydrogens (tertiary/aromatic N) is 2. The average Bonchev–Trinajstić information content (AvgIpc) is 3.86. The summed E-state index contributed by atoms with van der Waals surface area (Å²) in [5, 5.41) is 8.96. The van der Waals surface area contributed by atoms with Crippen LogP contribution in [0.3, 0.4) is 0 Å². The van der Waals surface area contributed by atoms with Crippen molar-refractivity contribution in [3.05, 3.63) is 83.9 Å². The molecule has 5 N–H and O–H groups in total. The molecule has 48 heavy (non-hydrogen) atoms. The Balaban J connectivity index is 0.00000108. The van der Waals surface area contributed by atoms with Gasteiger partial charge in [-0.15, -0.1) is 22.7 Å². The summed E-state index contributed by atoms with van der Waals surface area (Å²) >= 11 is 4.03. The van der Waals surface area contributed by atoms with Crippen LogP contribution in [-0.4, -0.2) is 13.9 Å². The van der Waals surface area contributed by atoms with Gasteiger partial charge in [0, 0.05) is 72.4 Å². The van der Waals surface area contributed by atoms with Crippen molar-refractivity contribution >= 4 is 56.8 Å². The number of halogens is 3. The number of rotatable bonds is 6. The Morgan fingerprint density at radius 3 is 1.23 bits per heavy atom. The molecule has 0 unspecified atom stereocenters. The Hall–Kier alpha value is -2.39. The van der Waals surface area contributed by atoms with E-state index in [1.807, 2.05) is 77.9 Å². The summed E-state index contributed by atoms with van der Waals surface area (Å²) in [6.07, 6.45) is -3.89. The van der Waals surface area contributed by atoms with E-state index in [0.717, 1.165) is 42.4 Å². The molecule has 0 atom stereocenters. The van der Waals surface area contributed by atoms with E-state index in [4.69, 9.17) is 16.6 Å². The summed E-state index contributed by atoms with van der Waals surface area (Å²) in [5.41, 5.74) is 17.1. The molecule has 5 nitrogen and oxygen atoms in total. The van der Waals surface area contributed by atoms with Gasteiger partial charge in [-0.1, -0.05) is 77.9 Å². The number of thiophene rings is 2. The molecule has 254 valence electrons. The third-order valence-electron chi connectivity index (χ3n) is 6.87. The Morgan fingerprint density at radius 2 is 0.896 bits per heavy atom. The van der Waals surface area contributed by atoms with Gasteiger partial charge < -0.3 is 16.6 Å². The molecule has 3 aromatic heterocycles. The Bertz CT molecular complexity index is 1750. The first-order valence-corrected chi connectivity index (χ1v) is 17.8. The molecule has 0 aliphatic carbocycles. The van der Waals surface area contributed by atoms with Gasteiger partial charge in [0.05, 0.1) is 28.7 Å². The third-order valence-corrected chi connectivity index (χ3v) is 9.70. The average molecular weight is 839 g/mol. The maximum absolute atomic E-state index is 14.3. The standard InChI is InChI=1S/C30H23F3N4OS3.3C2H6.Ce/c1-29(2,31)17-7-3-15(4-8-17)19-11-13-21(39-19)23-25(34)26(35)24(28-27(23)36-41-37-28)22-14-12-20(40-22)16-5-9-18(10-6-16)30(32,33)38;3*1-2;/h3-14,38H,34-35H2,1-2H3;3*1-2H3;. The van der Waals surface area contributed by atoms with Crippen molar-refractivity contribution in [1.82, 2.24) is 8.75 Å². The van der Waals surface area contributed by atoms with Crippen LogP contribution in [0.25, 0.3) is 52.8 Å². The van der Waals surface area contributed by atoms with E-state index >= 15 is 0 Å². The summed E-state index contributed by atoms with van der Waals surface area (Å²) in [7, 11) is 0. The summed E-state index contributed by atoms with van der Waals surface area (Å²) in [6.45, 7) is 15.1. The second kappa shape index (κ2) is 18.0. The maximum atomic E-state index is 14.3. The van der Waals surface area contributed by atoms with Crippen LogP contribution in [0.5, 0.6) is 0 Å². The van der Waals surface area contributed by atoms with Crippen LogP contribution >= 0.6 is 34.4 Å². The van der Waals surface area contributed by atoms with Gasteiger partial charge >= 0.3 is 6.11 Å². The fraction of sp³-hybridized carbons (Fsp3) is 0.278. The van der Waals surface area contributed by atoms with Crippen LogP contribution in [0.4, 0.5) is 24.5 Å². The monoisotopic (exact) mass is 838 g/mol. The van der Waals surface area contributed by atoms with Gasteiger partial charge in [0.1, 0.15) is 16.7 Å². The number of nitrogens with two attached hydrogens (primary N) is 2. The topological polar surface area (TPSA) is 98.0 Å². The van der Waals surface area contributed by atoms with Gasteiger partial charge in [0.25, 0.3) is 0 Å². The number of alkyl halides is 3. The van der Waals surface area contributed by atoms with Crippen molar-refractivity contribution in [3.63, 3.8) is 0 Å². The molecule has 6 aromatic rings. The van der Waals surface area contributed by atoms with Crippen LogP contribution in [0.15, 0.2) is 72.8 Å². The summed E-state index contributed by atoms with van der Waals surface area (Å²) in [6, 6.07) is 20.6. The predicted molar refractivity (Wildman–Crippen MR) is 198 cm³/mol. The molecule has 0 spiro atoms. The molecule has 0 saturated heterocycles. The Kier molecular flexibility index (Phi) is 15.7. The van der Waals surface area contributed by atoms with Gasteiger partial charge in [-0.25, -0.2) is 4.39 Å². The van der Waals surface area contributed by atoms with E-state index in [0.29, 0.717) is 39.1 Å². The molecule has 0 aliphatic rings. The summed E-state index contributed by atoms with van der Waals surface area (Å²) in [5.74, 6) is 0. The maximum Gasteiger partial charge on any atom is 0.380 e.